The number of carbonyl (C=O) groups excluding carboxylic acids is 4. The number of allylic oxidation sites excluding steroid dienone is 1. The number of anilines is 2. The first-order valence-corrected chi connectivity index (χ1v) is 12.9. The van der Waals surface area contributed by atoms with Crippen LogP contribution in [0.5, 0.6) is 5.75 Å². The molecule has 0 fully saturated rings. The molecule has 14 heteroatoms. The van der Waals surface area contributed by atoms with Gasteiger partial charge in [0.2, 0.25) is 11.7 Å². The van der Waals surface area contributed by atoms with Gasteiger partial charge >= 0.3 is 0 Å². The molecule has 0 saturated carbocycles. The van der Waals surface area contributed by atoms with Gasteiger partial charge in [0.15, 0.2) is 17.1 Å². The van der Waals surface area contributed by atoms with E-state index in [1.54, 1.807) is 33.1 Å². The van der Waals surface area contributed by atoms with Crippen LogP contribution in [-0.2, 0) is 20.8 Å². The Bertz CT molecular complexity index is 1360. The van der Waals surface area contributed by atoms with Crippen molar-refractivity contribution in [3.63, 3.8) is 0 Å². The predicted octanol–water partition coefficient (Wildman–Crippen LogP) is 1.10. The van der Waals surface area contributed by atoms with E-state index in [9.17, 15) is 39.6 Å². The van der Waals surface area contributed by atoms with Crippen LogP contribution in [0.4, 0.5) is 11.4 Å². The van der Waals surface area contributed by atoms with Crippen LogP contribution < -0.4 is 16.0 Å². The number of fused-ring (bicyclic) bond motifs is 3. The van der Waals surface area contributed by atoms with E-state index in [4.69, 9.17) is 5.73 Å². The molecule has 12 nitrogen and oxygen atoms in total. The van der Waals surface area contributed by atoms with Crippen LogP contribution in [0, 0.1) is 11.8 Å². The lowest BCUT2D eigenvalue weighted by molar-refractivity contribution is -0.148. The summed E-state index contributed by atoms with van der Waals surface area (Å²) in [6, 6.07) is 0.472. The zero-order chi connectivity index (χ0) is 28.4. The quantitative estimate of drug-likeness (QED) is 0.150. The van der Waals surface area contributed by atoms with Gasteiger partial charge in [0.25, 0.3) is 5.91 Å². The second kappa shape index (κ2) is 10.6. The largest absolute Gasteiger partial charge is 0.510 e. The number of alkyl halides is 1. The maximum atomic E-state index is 13.9. The number of hydrogen-bond donors (Lipinski definition) is 6. The lowest BCUT2D eigenvalue weighted by Crippen LogP contribution is -2.63. The van der Waals surface area contributed by atoms with Crippen LogP contribution >= 0.6 is 32.9 Å². The van der Waals surface area contributed by atoms with Gasteiger partial charge in [-0.1, -0.05) is 15.9 Å². The molecule has 1 aromatic rings. The van der Waals surface area contributed by atoms with Gasteiger partial charge in [-0.2, -0.15) is 0 Å². The van der Waals surface area contributed by atoms with Crippen molar-refractivity contribution in [3.05, 3.63) is 39.9 Å². The molecule has 212 valence electrons. The Morgan fingerprint density at radius 3 is 2.31 bits per heavy atom. The monoisotopic (exact) mass is 672 g/mol. The van der Waals surface area contributed by atoms with Gasteiger partial charge in [-0.05, 0) is 44.5 Å². The topological polar surface area (TPSA) is 194 Å². The van der Waals surface area contributed by atoms with Crippen molar-refractivity contribution in [2.45, 2.75) is 24.5 Å². The molecule has 3 aliphatic carbocycles. The number of benzene rings is 1. The average Bonchev–Trinajstić information content (AvgIpc) is 2.82. The van der Waals surface area contributed by atoms with Gasteiger partial charge in [-0.15, -0.1) is 17.0 Å². The van der Waals surface area contributed by atoms with E-state index in [0.29, 0.717) is 11.3 Å². The highest BCUT2D eigenvalue weighted by molar-refractivity contribution is 9.09. The van der Waals surface area contributed by atoms with Gasteiger partial charge < -0.3 is 36.4 Å². The van der Waals surface area contributed by atoms with Crippen molar-refractivity contribution in [3.8, 4) is 5.75 Å². The average molecular weight is 674 g/mol. The number of nitrogens with zero attached hydrogens (tertiary/aromatic N) is 2. The van der Waals surface area contributed by atoms with Crippen LogP contribution in [0.25, 0.3) is 0 Å². The minimum atomic E-state index is -2.72. The molecule has 4 atom stereocenters. The van der Waals surface area contributed by atoms with Crippen LogP contribution in [0.15, 0.2) is 28.7 Å². The molecule has 4 rings (SSSR count). The minimum absolute atomic E-state index is 0. The molecule has 2 amide bonds. The van der Waals surface area contributed by atoms with E-state index in [0.717, 1.165) is 0 Å². The Morgan fingerprint density at radius 1 is 1.18 bits per heavy atom. The Kier molecular flexibility index (Phi) is 8.29. The van der Waals surface area contributed by atoms with Gasteiger partial charge in [-0.25, -0.2) is 0 Å². The number of phenolic OH excluding ortho intramolecular Hbond substituents is 1. The lowest BCUT2D eigenvalue weighted by atomic mass is 9.58. The molecule has 0 aliphatic heterocycles. The van der Waals surface area contributed by atoms with Crippen LogP contribution in [-0.4, -0.2) is 93.9 Å². The van der Waals surface area contributed by atoms with E-state index in [1.807, 2.05) is 0 Å². The third-order valence-corrected chi connectivity index (χ3v) is 8.09. The van der Waals surface area contributed by atoms with Crippen molar-refractivity contribution in [1.82, 2.24) is 4.90 Å². The molecular weight excluding hydrogens is 644 g/mol. The van der Waals surface area contributed by atoms with Crippen LogP contribution in [0.1, 0.15) is 22.3 Å². The Hall–Kier alpha value is -2.94. The highest BCUT2D eigenvalue weighted by Gasteiger charge is 2.63. The maximum Gasteiger partial charge on any atom is 0.255 e. The summed E-state index contributed by atoms with van der Waals surface area (Å²) >= 11 is 3.03. The lowest BCUT2D eigenvalue weighted by Gasteiger charge is -2.50. The zero-order valence-corrected chi connectivity index (χ0v) is 24.9. The number of Topliss-reactive ketones (excluding diaryl/α,β-unsaturated/α-hetero) is 2. The number of rotatable bonds is 5. The number of aliphatic hydroxyl groups is 3. The maximum absolute atomic E-state index is 13.9. The smallest absolute Gasteiger partial charge is 0.255 e. The summed E-state index contributed by atoms with van der Waals surface area (Å²) in [6.07, 6.45) is 0.129. The number of amides is 2. The molecule has 39 heavy (non-hydrogen) atoms. The third kappa shape index (κ3) is 4.42. The molecule has 0 radical (unpaired) electrons. The number of nitrogens with two attached hydrogens (primary N) is 1. The highest BCUT2D eigenvalue weighted by atomic mass is 79.9. The number of hydrogen-bond acceptors (Lipinski definition) is 10. The fourth-order valence-electron chi connectivity index (χ4n) is 5.98. The normalized spacial score (nSPS) is 26.0. The first kappa shape index (κ1) is 30.6. The summed E-state index contributed by atoms with van der Waals surface area (Å²) in [5.41, 5.74) is 2.29. The second-order valence-corrected chi connectivity index (χ2v) is 10.7. The standard InChI is InChI=1S/C25H29BrN4O8.BrH/c1-29(2)13-7-12(28-14(31)8-26)19(32)16-10(13)5-9-6-11-18(30(3)4)21(34)17(24(27)37)23(36)25(11,38)22(35)15(9)20(16)33;/h7,9,11,18,32,34-35,38H,5-6,8H2,1-4H3,(H2,27,37)(H,28,31);1H/t9?,11?,18-,25?;/m0./s1. The molecule has 0 heterocycles. The van der Waals surface area contributed by atoms with E-state index < -0.39 is 69.7 Å². The van der Waals surface area contributed by atoms with Gasteiger partial charge in [0.1, 0.15) is 17.1 Å². The fraction of sp³-hybridized carbons (Fsp3) is 0.440. The number of ketones is 2. The van der Waals surface area contributed by atoms with Gasteiger partial charge in [0, 0.05) is 31.3 Å². The predicted molar refractivity (Wildman–Crippen MR) is 151 cm³/mol. The van der Waals surface area contributed by atoms with Crippen molar-refractivity contribution in [1.29, 1.82) is 0 Å². The van der Waals surface area contributed by atoms with E-state index in [2.05, 4.69) is 21.2 Å². The molecular formula is C25H30Br2N4O8. The van der Waals surface area contributed by atoms with Crippen molar-refractivity contribution in [2.75, 3.05) is 43.7 Å². The molecule has 0 bridgehead atoms. The fourth-order valence-corrected chi connectivity index (χ4v) is 6.12. The Morgan fingerprint density at radius 2 is 1.79 bits per heavy atom. The first-order chi connectivity index (χ1) is 17.7. The number of aromatic hydroxyl groups is 1. The van der Waals surface area contributed by atoms with Gasteiger partial charge in [0.05, 0.1) is 22.6 Å². The number of aliphatic hydroxyl groups excluding tert-OH is 2. The minimum Gasteiger partial charge on any atom is -0.510 e. The molecule has 7 N–H and O–H groups in total. The summed E-state index contributed by atoms with van der Waals surface area (Å²) in [4.78, 5) is 54.6. The second-order valence-electron chi connectivity index (χ2n) is 10.2. The van der Waals surface area contributed by atoms with Crippen molar-refractivity contribution >= 4 is 67.7 Å². The Labute approximate surface area is 243 Å². The SMILES string of the molecule is Br.CN(C)c1cc(NC(=O)CBr)c(O)c2c1CC1CC3[C@H](N(C)C)C(O)=C(C(N)=O)C(=O)C3(O)C(O)=C1C2=O. The van der Waals surface area contributed by atoms with E-state index >= 15 is 0 Å². The first-order valence-electron chi connectivity index (χ1n) is 11.7. The molecule has 0 aromatic heterocycles. The van der Waals surface area contributed by atoms with Crippen molar-refractivity contribution in [2.24, 2.45) is 17.6 Å². The van der Waals surface area contributed by atoms with E-state index in [-0.39, 0.29) is 52.0 Å². The van der Waals surface area contributed by atoms with E-state index in [1.165, 1.54) is 11.0 Å². The Balaban J connectivity index is 0.00000420. The van der Waals surface area contributed by atoms with Crippen LogP contribution in [0.2, 0.25) is 0 Å². The summed E-state index contributed by atoms with van der Waals surface area (Å²) < 4.78 is 0. The van der Waals surface area contributed by atoms with Crippen molar-refractivity contribution < 1.29 is 39.6 Å². The summed E-state index contributed by atoms with van der Waals surface area (Å²) in [5, 5.41) is 47.4. The number of phenols is 1. The summed E-state index contributed by atoms with van der Waals surface area (Å²) in [5.74, 6) is -7.78. The number of primary amides is 1. The zero-order valence-electron chi connectivity index (χ0n) is 21.6. The third-order valence-electron chi connectivity index (χ3n) is 7.58. The number of likely N-dealkylation sites (N-methyl/N-ethyl adjacent to an activating group) is 1. The number of halogens is 2. The molecule has 3 unspecified atom stereocenters. The highest BCUT2D eigenvalue weighted by Crippen LogP contribution is 2.53. The molecule has 3 aliphatic rings. The van der Waals surface area contributed by atoms with Crippen LogP contribution in [0.3, 0.4) is 0 Å². The molecule has 0 spiro atoms. The van der Waals surface area contributed by atoms with Gasteiger partial charge in [-0.3, -0.25) is 24.1 Å². The molecule has 1 aromatic carbocycles. The number of nitrogens with one attached hydrogen (secondary N) is 1. The molecule has 0 saturated heterocycles. The summed E-state index contributed by atoms with van der Waals surface area (Å²) in [7, 11) is 6.59. The summed E-state index contributed by atoms with van der Waals surface area (Å²) in [6.45, 7) is 0. The number of carbonyl (C=O) groups is 4.